The summed E-state index contributed by atoms with van der Waals surface area (Å²) in [5, 5.41) is 9.33. The Morgan fingerprint density at radius 2 is 2.06 bits per heavy atom. The maximum Gasteiger partial charge on any atom is 0.167 e. The normalized spacial score (nSPS) is 13.5. The monoisotopic (exact) mass is 249 g/mol. The van der Waals surface area contributed by atoms with Gasteiger partial charge in [0.25, 0.3) is 0 Å². The number of rotatable bonds is 4. The summed E-state index contributed by atoms with van der Waals surface area (Å²) >= 11 is 5.79. The van der Waals surface area contributed by atoms with Crippen molar-refractivity contribution >= 4 is 23.2 Å². The first-order valence-corrected chi connectivity index (χ1v) is 5.55. The summed E-state index contributed by atoms with van der Waals surface area (Å²) < 4.78 is 0. The Kier molecular flexibility index (Phi) is 4.42. The average molecular weight is 250 g/mol. The SMILES string of the molecule is CC(=O)C(C#N)C(C)C(=O)c1cccc(Cl)c1. The van der Waals surface area contributed by atoms with E-state index < -0.39 is 11.8 Å². The highest BCUT2D eigenvalue weighted by molar-refractivity contribution is 6.31. The summed E-state index contributed by atoms with van der Waals surface area (Å²) in [4.78, 5) is 23.3. The van der Waals surface area contributed by atoms with Crippen molar-refractivity contribution in [2.75, 3.05) is 0 Å². The Labute approximate surface area is 105 Å². The third-order valence-corrected chi connectivity index (χ3v) is 2.83. The molecule has 3 nitrogen and oxygen atoms in total. The van der Waals surface area contributed by atoms with Gasteiger partial charge in [0.1, 0.15) is 11.7 Å². The highest BCUT2D eigenvalue weighted by atomic mass is 35.5. The van der Waals surface area contributed by atoms with Crippen molar-refractivity contribution in [3.8, 4) is 6.07 Å². The van der Waals surface area contributed by atoms with Crippen LogP contribution in [0.4, 0.5) is 0 Å². The third-order valence-electron chi connectivity index (χ3n) is 2.60. The van der Waals surface area contributed by atoms with E-state index in [2.05, 4.69) is 0 Å². The standard InChI is InChI=1S/C13H12ClNO2/c1-8(12(7-15)9(2)16)13(17)10-4-3-5-11(14)6-10/h3-6,8,12H,1-2H3. The molecular weight excluding hydrogens is 238 g/mol. The van der Waals surface area contributed by atoms with Gasteiger partial charge in [0, 0.05) is 16.5 Å². The fourth-order valence-corrected chi connectivity index (χ4v) is 1.80. The lowest BCUT2D eigenvalue weighted by molar-refractivity contribution is -0.120. The molecule has 0 aliphatic carbocycles. The van der Waals surface area contributed by atoms with Crippen LogP contribution in [0.3, 0.4) is 0 Å². The molecule has 1 rings (SSSR count). The van der Waals surface area contributed by atoms with Gasteiger partial charge in [-0.05, 0) is 19.1 Å². The van der Waals surface area contributed by atoms with Crippen LogP contribution in [0.5, 0.6) is 0 Å². The second-order valence-electron chi connectivity index (χ2n) is 3.88. The topological polar surface area (TPSA) is 57.9 Å². The molecule has 88 valence electrons. The predicted molar refractivity (Wildman–Crippen MR) is 64.7 cm³/mol. The smallest absolute Gasteiger partial charge is 0.167 e. The van der Waals surface area contributed by atoms with E-state index in [1.54, 1.807) is 25.1 Å². The molecule has 0 N–H and O–H groups in total. The number of nitriles is 1. The quantitative estimate of drug-likeness (QED) is 0.771. The maximum atomic E-state index is 12.0. The number of hydrogen-bond donors (Lipinski definition) is 0. The molecule has 0 heterocycles. The minimum absolute atomic E-state index is 0.241. The van der Waals surface area contributed by atoms with E-state index in [9.17, 15) is 9.59 Å². The van der Waals surface area contributed by atoms with Gasteiger partial charge in [-0.3, -0.25) is 9.59 Å². The number of carbonyl (C=O) groups excluding carboxylic acids is 2. The van der Waals surface area contributed by atoms with Gasteiger partial charge in [-0.1, -0.05) is 30.7 Å². The Hall–Kier alpha value is -1.66. The van der Waals surface area contributed by atoms with E-state index >= 15 is 0 Å². The molecule has 0 spiro atoms. The van der Waals surface area contributed by atoms with Gasteiger partial charge in [-0.2, -0.15) is 5.26 Å². The van der Waals surface area contributed by atoms with Crippen LogP contribution in [0.15, 0.2) is 24.3 Å². The van der Waals surface area contributed by atoms with E-state index in [0.29, 0.717) is 10.6 Å². The highest BCUT2D eigenvalue weighted by Crippen LogP contribution is 2.20. The van der Waals surface area contributed by atoms with Crippen LogP contribution < -0.4 is 0 Å². The largest absolute Gasteiger partial charge is 0.299 e. The van der Waals surface area contributed by atoms with Gasteiger partial charge < -0.3 is 0 Å². The molecule has 0 aromatic heterocycles. The molecule has 0 aliphatic rings. The van der Waals surface area contributed by atoms with Crippen molar-refractivity contribution in [1.82, 2.24) is 0 Å². The van der Waals surface area contributed by atoms with Crippen LogP contribution in [0.25, 0.3) is 0 Å². The molecule has 17 heavy (non-hydrogen) atoms. The van der Waals surface area contributed by atoms with Crippen molar-refractivity contribution in [1.29, 1.82) is 5.26 Å². The number of benzene rings is 1. The van der Waals surface area contributed by atoms with Crippen LogP contribution in [-0.4, -0.2) is 11.6 Å². The number of carbonyl (C=O) groups is 2. The van der Waals surface area contributed by atoms with Gasteiger partial charge in [0.15, 0.2) is 5.78 Å². The van der Waals surface area contributed by atoms with Crippen molar-refractivity contribution in [2.24, 2.45) is 11.8 Å². The van der Waals surface area contributed by atoms with Gasteiger partial charge >= 0.3 is 0 Å². The van der Waals surface area contributed by atoms with Crippen LogP contribution in [0.1, 0.15) is 24.2 Å². The molecule has 1 aromatic rings. The van der Waals surface area contributed by atoms with Gasteiger partial charge in [0.2, 0.25) is 0 Å². The number of ketones is 2. The zero-order chi connectivity index (χ0) is 13.0. The highest BCUT2D eigenvalue weighted by Gasteiger charge is 2.28. The Morgan fingerprint density at radius 1 is 1.41 bits per heavy atom. The molecule has 0 saturated heterocycles. The predicted octanol–water partition coefficient (Wildman–Crippen LogP) is 2.89. The lowest BCUT2D eigenvalue weighted by Gasteiger charge is -2.13. The average Bonchev–Trinajstić information content (AvgIpc) is 2.28. The molecule has 0 radical (unpaired) electrons. The molecule has 2 atom stereocenters. The van der Waals surface area contributed by atoms with Crippen LogP contribution in [-0.2, 0) is 4.79 Å². The minimum atomic E-state index is -0.901. The summed E-state index contributed by atoms with van der Waals surface area (Å²) in [6.07, 6.45) is 0. The van der Waals surface area contributed by atoms with Crippen molar-refractivity contribution < 1.29 is 9.59 Å². The van der Waals surface area contributed by atoms with Gasteiger partial charge in [-0.15, -0.1) is 0 Å². The fourth-order valence-electron chi connectivity index (χ4n) is 1.61. The second kappa shape index (κ2) is 5.60. The van der Waals surface area contributed by atoms with Gasteiger partial charge in [-0.25, -0.2) is 0 Å². The van der Waals surface area contributed by atoms with Crippen LogP contribution >= 0.6 is 11.6 Å². The minimum Gasteiger partial charge on any atom is -0.299 e. The zero-order valence-corrected chi connectivity index (χ0v) is 10.4. The molecule has 4 heteroatoms. The summed E-state index contributed by atoms with van der Waals surface area (Å²) in [5.41, 5.74) is 0.423. The second-order valence-corrected chi connectivity index (χ2v) is 4.32. The Balaban J connectivity index is 2.98. The van der Waals surface area contributed by atoms with Crippen LogP contribution in [0, 0.1) is 23.2 Å². The molecule has 1 aromatic carbocycles. The molecule has 2 unspecified atom stereocenters. The van der Waals surface area contributed by atoms with Crippen molar-refractivity contribution in [3.05, 3.63) is 34.9 Å². The van der Waals surface area contributed by atoms with E-state index in [0.717, 1.165) is 0 Å². The van der Waals surface area contributed by atoms with E-state index in [4.69, 9.17) is 16.9 Å². The maximum absolute atomic E-state index is 12.0. The Morgan fingerprint density at radius 3 is 2.53 bits per heavy atom. The van der Waals surface area contributed by atoms with E-state index in [-0.39, 0.29) is 11.6 Å². The summed E-state index contributed by atoms with van der Waals surface area (Å²) in [5.74, 6) is -2.10. The number of Topliss-reactive ketones (excluding diaryl/α,β-unsaturated/α-hetero) is 2. The zero-order valence-electron chi connectivity index (χ0n) is 9.61. The van der Waals surface area contributed by atoms with Crippen molar-refractivity contribution in [3.63, 3.8) is 0 Å². The Bertz CT molecular complexity index is 490. The summed E-state index contributed by atoms with van der Waals surface area (Å²) in [7, 11) is 0. The lowest BCUT2D eigenvalue weighted by atomic mass is 9.86. The van der Waals surface area contributed by atoms with Gasteiger partial charge in [0.05, 0.1) is 6.07 Å². The summed E-state index contributed by atoms with van der Waals surface area (Å²) in [6, 6.07) is 8.35. The first-order valence-electron chi connectivity index (χ1n) is 5.17. The molecular formula is C13H12ClNO2. The third kappa shape index (κ3) is 3.15. The molecule has 0 amide bonds. The van der Waals surface area contributed by atoms with E-state index in [1.165, 1.54) is 13.0 Å². The lowest BCUT2D eigenvalue weighted by Crippen LogP contribution is -2.25. The summed E-state index contributed by atoms with van der Waals surface area (Å²) in [6.45, 7) is 2.90. The number of halogens is 1. The molecule has 0 aliphatic heterocycles. The first kappa shape index (κ1) is 13.4. The molecule has 0 saturated carbocycles. The fraction of sp³-hybridized carbons (Fsp3) is 0.308. The molecule has 0 fully saturated rings. The van der Waals surface area contributed by atoms with Crippen molar-refractivity contribution in [2.45, 2.75) is 13.8 Å². The number of hydrogen-bond acceptors (Lipinski definition) is 3. The van der Waals surface area contributed by atoms with Crippen LogP contribution in [0.2, 0.25) is 5.02 Å². The number of nitrogens with zero attached hydrogens (tertiary/aromatic N) is 1. The van der Waals surface area contributed by atoms with E-state index in [1.807, 2.05) is 6.07 Å². The first-order chi connectivity index (χ1) is 7.97. The molecule has 0 bridgehead atoms.